The van der Waals surface area contributed by atoms with Crippen LogP contribution in [0.15, 0.2) is 36.6 Å². The van der Waals surface area contributed by atoms with Crippen molar-refractivity contribution in [2.45, 2.75) is 85.9 Å². The van der Waals surface area contributed by atoms with Gasteiger partial charge in [0.25, 0.3) is 0 Å². The van der Waals surface area contributed by atoms with Crippen molar-refractivity contribution in [3.8, 4) is 0 Å². The van der Waals surface area contributed by atoms with Gasteiger partial charge in [-0.2, -0.15) is 0 Å². The summed E-state index contributed by atoms with van der Waals surface area (Å²) in [5, 5.41) is 0. The van der Waals surface area contributed by atoms with E-state index in [9.17, 15) is 0 Å². The van der Waals surface area contributed by atoms with Crippen LogP contribution in [0.5, 0.6) is 0 Å². The summed E-state index contributed by atoms with van der Waals surface area (Å²) in [6, 6.07) is 8.66. The number of allylic oxidation sites excluding steroid dienone is 1. The lowest BCUT2D eigenvalue weighted by atomic mass is 9.73. The summed E-state index contributed by atoms with van der Waals surface area (Å²) in [6.07, 6.45) is 2.76. The minimum atomic E-state index is -0.296. The zero-order valence-corrected chi connectivity index (χ0v) is 19.5. The Hall–Kier alpha value is -1.32. The molecule has 0 saturated heterocycles. The highest BCUT2D eigenvalue weighted by Gasteiger charge is 2.41. The van der Waals surface area contributed by atoms with Crippen LogP contribution in [0, 0.1) is 12.3 Å². The zero-order valence-electron chi connectivity index (χ0n) is 19.5. The molecule has 1 atom stereocenters. The van der Waals surface area contributed by atoms with E-state index in [0.29, 0.717) is 13.2 Å². The summed E-state index contributed by atoms with van der Waals surface area (Å²) >= 11 is 0. The second-order valence-electron chi connectivity index (χ2n) is 9.36. The number of aryl methyl sites for hydroxylation is 1. The first-order valence-corrected chi connectivity index (χ1v) is 10.5. The number of ether oxygens (including phenoxy) is 3. The average molecular weight is 391 g/mol. The third kappa shape index (κ3) is 7.97. The molecule has 3 nitrogen and oxygen atoms in total. The first kappa shape index (κ1) is 24.7. The lowest BCUT2D eigenvalue weighted by molar-refractivity contribution is -0.140. The van der Waals surface area contributed by atoms with Crippen LogP contribution < -0.4 is 0 Å². The Morgan fingerprint density at radius 2 is 1.57 bits per heavy atom. The topological polar surface area (TPSA) is 27.7 Å². The van der Waals surface area contributed by atoms with Crippen LogP contribution in [0.25, 0.3) is 0 Å². The van der Waals surface area contributed by atoms with E-state index in [4.69, 9.17) is 14.2 Å². The molecule has 0 aliphatic heterocycles. The molecule has 28 heavy (non-hydrogen) atoms. The zero-order chi connectivity index (χ0) is 21.4. The summed E-state index contributed by atoms with van der Waals surface area (Å²) in [5.41, 5.74) is 2.02. The molecule has 1 rings (SSSR count). The molecule has 0 radical (unpaired) electrons. The van der Waals surface area contributed by atoms with Crippen molar-refractivity contribution in [3.63, 3.8) is 0 Å². The van der Waals surface area contributed by atoms with Crippen molar-refractivity contribution in [2.75, 3.05) is 19.8 Å². The number of benzene rings is 1. The lowest BCUT2D eigenvalue weighted by Crippen LogP contribution is -2.47. The highest BCUT2D eigenvalue weighted by atomic mass is 16.5. The molecule has 0 aliphatic rings. The third-order valence-electron chi connectivity index (χ3n) is 6.04. The first-order valence-electron chi connectivity index (χ1n) is 10.5. The molecule has 160 valence electrons. The summed E-state index contributed by atoms with van der Waals surface area (Å²) in [7, 11) is 0. The molecule has 0 fully saturated rings. The summed E-state index contributed by atoms with van der Waals surface area (Å²) in [6.45, 7) is 22.8. The van der Waals surface area contributed by atoms with Crippen LogP contribution >= 0.6 is 0 Å². The number of hydrogen-bond donors (Lipinski definition) is 0. The first-order chi connectivity index (χ1) is 12.9. The molecule has 0 aromatic heterocycles. The Morgan fingerprint density at radius 3 is 2.11 bits per heavy atom. The Kier molecular flexibility index (Phi) is 9.23. The van der Waals surface area contributed by atoms with Crippen molar-refractivity contribution < 1.29 is 14.2 Å². The van der Waals surface area contributed by atoms with Crippen LogP contribution in [-0.4, -0.2) is 31.0 Å². The van der Waals surface area contributed by atoms with Crippen molar-refractivity contribution >= 4 is 0 Å². The lowest BCUT2D eigenvalue weighted by Gasteiger charge is -2.43. The second kappa shape index (κ2) is 10.5. The van der Waals surface area contributed by atoms with Gasteiger partial charge in [-0.25, -0.2) is 0 Å². The fourth-order valence-corrected chi connectivity index (χ4v) is 2.98. The van der Waals surface area contributed by atoms with Gasteiger partial charge in [-0.1, -0.05) is 50.3 Å². The maximum Gasteiger partial charge on any atom is 0.0957 e. The van der Waals surface area contributed by atoms with Gasteiger partial charge in [-0.05, 0) is 66.4 Å². The summed E-state index contributed by atoms with van der Waals surface area (Å²) in [5.74, 6) is 0.749. The molecule has 1 unspecified atom stereocenters. The SMILES string of the molecule is C=C(C)OCC(C)(CC)C(C)(C)OCCC(C)(C)OCCc1ccc(C)cc1. The van der Waals surface area contributed by atoms with E-state index in [-0.39, 0.29) is 16.6 Å². The average Bonchev–Trinajstić information content (AvgIpc) is 2.60. The minimum absolute atomic E-state index is 0.0810. The predicted molar refractivity (Wildman–Crippen MR) is 119 cm³/mol. The van der Waals surface area contributed by atoms with Gasteiger partial charge in [-0.15, -0.1) is 0 Å². The Morgan fingerprint density at radius 1 is 0.964 bits per heavy atom. The van der Waals surface area contributed by atoms with Gasteiger partial charge in [0.1, 0.15) is 0 Å². The van der Waals surface area contributed by atoms with Crippen LogP contribution in [0.1, 0.15) is 72.4 Å². The van der Waals surface area contributed by atoms with Crippen molar-refractivity contribution in [3.05, 3.63) is 47.7 Å². The fraction of sp³-hybridized carbons (Fsp3) is 0.680. The molecule has 3 heteroatoms. The standard InChI is InChI=1S/C25H42O3/c1-10-25(9,19-26-20(2)3)24(7,8)28-18-16-23(5,6)27-17-15-22-13-11-21(4)12-14-22/h11-14H,2,10,15-19H2,1,3-9H3. The third-order valence-corrected chi connectivity index (χ3v) is 6.04. The summed E-state index contributed by atoms with van der Waals surface area (Å²) < 4.78 is 18.2. The van der Waals surface area contributed by atoms with Gasteiger partial charge >= 0.3 is 0 Å². The molecular formula is C25H42O3. The van der Waals surface area contributed by atoms with Gasteiger partial charge in [0.2, 0.25) is 0 Å². The fourth-order valence-electron chi connectivity index (χ4n) is 2.98. The highest BCUT2D eigenvalue weighted by molar-refractivity contribution is 5.21. The molecule has 0 bridgehead atoms. The maximum atomic E-state index is 6.34. The molecule has 1 aromatic rings. The molecule has 0 aliphatic carbocycles. The molecule has 1 aromatic carbocycles. The van der Waals surface area contributed by atoms with Crippen LogP contribution in [-0.2, 0) is 20.6 Å². The molecule has 0 spiro atoms. The van der Waals surface area contributed by atoms with Gasteiger partial charge in [0.05, 0.1) is 36.8 Å². The minimum Gasteiger partial charge on any atom is -0.498 e. The second-order valence-corrected chi connectivity index (χ2v) is 9.36. The summed E-state index contributed by atoms with van der Waals surface area (Å²) in [4.78, 5) is 0. The van der Waals surface area contributed by atoms with E-state index >= 15 is 0 Å². The van der Waals surface area contributed by atoms with Crippen molar-refractivity contribution in [1.29, 1.82) is 0 Å². The number of rotatable bonds is 13. The molecule has 0 N–H and O–H groups in total. The monoisotopic (exact) mass is 390 g/mol. The number of hydrogen-bond acceptors (Lipinski definition) is 3. The van der Waals surface area contributed by atoms with Crippen molar-refractivity contribution in [1.82, 2.24) is 0 Å². The molecule has 0 heterocycles. The van der Waals surface area contributed by atoms with Gasteiger partial charge in [0, 0.05) is 5.41 Å². The van der Waals surface area contributed by atoms with Crippen LogP contribution in [0.2, 0.25) is 0 Å². The molecular weight excluding hydrogens is 348 g/mol. The smallest absolute Gasteiger partial charge is 0.0957 e. The van der Waals surface area contributed by atoms with E-state index in [1.165, 1.54) is 11.1 Å². The Bertz CT molecular complexity index is 601. The van der Waals surface area contributed by atoms with Crippen LogP contribution in [0.4, 0.5) is 0 Å². The van der Waals surface area contributed by atoms with Crippen molar-refractivity contribution in [2.24, 2.45) is 5.41 Å². The quantitative estimate of drug-likeness (QED) is 0.361. The van der Waals surface area contributed by atoms with Crippen LogP contribution in [0.3, 0.4) is 0 Å². The molecule has 0 amide bonds. The van der Waals surface area contributed by atoms with Gasteiger partial charge < -0.3 is 14.2 Å². The van der Waals surface area contributed by atoms with E-state index in [1.54, 1.807) is 0 Å². The largest absolute Gasteiger partial charge is 0.498 e. The molecule has 0 saturated carbocycles. The van der Waals surface area contributed by atoms with Gasteiger partial charge in [0.15, 0.2) is 0 Å². The highest BCUT2D eigenvalue weighted by Crippen LogP contribution is 2.38. The van der Waals surface area contributed by atoms with E-state index < -0.39 is 0 Å². The maximum absolute atomic E-state index is 6.34. The Balaban J connectivity index is 2.47. The predicted octanol–water partition coefficient (Wildman–Crippen LogP) is 6.48. The van der Waals surface area contributed by atoms with E-state index in [1.807, 2.05) is 6.92 Å². The van der Waals surface area contributed by atoms with E-state index in [0.717, 1.165) is 31.6 Å². The normalized spacial score (nSPS) is 14.6. The van der Waals surface area contributed by atoms with E-state index in [2.05, 4.69) is 79.3 Å². The van der Waals surface area contributed by atoms with Gasteiger partial charge in [-0.3, -0.25) is 0 Å². The Labute approximate surface area is 173 Å².